The van der Waals surface area contributed by atoms with Crippen molar-refractivity contribution in [2.45, 2.75) is 13.5 Å². The molecule has 1 N–H and O–H groups in total. The SMILES string of the molecule is CCOc1cc([N+](=O)[O-])cc(/C=C2/SC(=S)N(Cc3ccco3)C2=O)c1O. The Kier molecular flexibility index (Phi) is 5.47. The molecule has 10 heteroatoms. The van der Waals surface area contributed by atoms with Crippen LogP contribution in [0, 0.1) is 10.1 Å². The van der Waals surface area contributed by atoms with E-state index in [0.717, 1.165) is 17.8 Å². The molecular weight excluding hydrogens is 392 g/mol. The molecule has 1 aliphatic heterocycles. The first-order chi connectivity index (χ1) is 12.9. The van der Waals surface area contributed by atoms with Gasteiger partial charge in [-0.25, -0.2) is 0 Å². The number of rotatable bonds is 6. The lowest BCUT2D eigenvalue weighted by Crippen LogP contribution is -2.27. The maximum absolute atomic E-state index is 12.6. The van der Waals surface area contributed by atoms with Gasteiger partial charge in [0.25, 0.3) is 11.6 Å². The van der Waals surface area contributed by atoms with Crippen LogP contribution in [0.5, 0.6) is 11.5 Å². The van der Waals surface area contributed by atoms with Crippen molar-refractivity contribution in [1.29, 1.82) is 0 Å². The minimum atomic E-state index is -0.596. The number of furan rings is 1. The Morgan fingerprint density at radius 3 is 2.89 bits per heavy atom. The van der Waals surface area contributed by atoms with E-state index in [4.69, 9.17) is 21.4 Å². The van der Waals surface area contributed by atoms with Crippen LogP contribution in [0.2, 0.25) is 0 Å². The van der Waals surface area contributed by atoms with Crippen molar-refractivity contribution in [2.24, 2.45) is 0 Å². The Bertz CT molecular complexity index is 939. The molecule has 0 bridgehead atoms. The van der Waals surface area contributed by atoms with Crippen LogP contribution >= 0.6 is 24.0 Å². The van der Waals surface area contributed by atoms with Crippen molar-refractivity contribution in [1.82, 2.24) is 4.90 Å². The second-order valence-electron chi connectivity index (χ2n) is 5.42. The Morgan fingerprint density at radius 1 is 1.48 bits per heavy atom. The Morgan fingerprint density at radius 2 is 2.26 bits per heavy atom. The zero-order valence-corrected chi connectivity index (χ0v) is 15.7. The monoisotopic (exact) mass is 406 g/mol. The molecule has 1 saturated heterocycles. The van der Waals surface area contributed by atoms with E-state index in [-0.39, 0.29) is 46.7 Å². The molecular formula is C17H14N2O6S2. The number of carbonyl (C=O) groups excluding carboxylic acids is 1. The Labute approximate surface area is 163 Å². The first-order valence-electron chi connectivity index (χ1n) is 7.82. The Balaban J connectivity index is 1.95. The maximum Gasteiger partial charge on any atom is 0.274 e. The fourth-order valence-corrected chi connectivity index (χ4v) is 3.68. The summed E-state index contributed by atoms with van der Waals surface area (Å²) >= 11 is 6.29. The molecule has 8 nitrogen and oxygen atoms in total. The van der Waals surface area contributed by atoms with E-state index in [1.54, 1.807) is 19.1 Å². The molecule has 0 unspecified atom stereocenters. The molecule has 1 fully saturated rings. The van der Waals surface area contributed by atoms with Gasteiger partial charge in [0.1, 0.15) is 10.1 Å². The largest absolute Gasteiger partial charge is 0.504 e. The average Bonchev–Trinajstić information content (AvgIpc) is 3.22. The summed E-state index contributed by atoms with van der Waals surface area (Å²) in [5.41, 5.74) is -0.153. The van der Waals surface area contributed by atoms with Crippen LogP contribution in [-0.4, -0.2) is 31.8 Å². The number of thioether (sulfide) groups is 1. The third-order valence-electron chi connectivity index (χ3n) is 3.65. The van der Waals surface area contributed by atoms with E-state index in [1.807, 2.05) is 0 Å². The van der Waals surface area contributed by atoms with Gasteiger partial charge in [-0.15, -0.1) is 0 Å². The van der Waals surface area contributed by atoms with Crippen molar-refractivity contribution < 1.29 is 24.0 Å². The zero-order chi connectivity index (χ0) is 19.6. The predicted octanol–water partition coefficient (Wildman–Crippen LogP) is 3.69. The van der Waals surface area contributed by atoms with Gasteiger partial charge in [-0.05, 0) is 25.1 Å². The van der Waals surface area contributed by atoms with E-state index < -0.39 is 4.92 Å². The lowest BCUT2D eigenvalue weighted by atomic mass is 10.1. The molecule has 1 aromatic heterocycles. The van der Waals surface area contributed by atoms with Crippen LogP contribution in [0.3, 0.4) is 0 Å². The number of nitro groups is 1. The highest BCUT2D eigenvalue weighted by Crippen LogP contribution is 2.39. The second kappa shape index (κ2) is 7.80. The number of nitrogens with zero attached hydrogens (tertiary/aromatic N) is 2. The van der Waals surface area contributed by atoms with Crippen LogP contribution in [0.15, 0.2) is 39.9 Å². The Hall–Kier alpha value is -2.85. The van der Waals surface area contributed by atoms with Gasteiger partial charge in [0.05, 0.1) is 35.3 Å². The summed E-state index contributed by atoms with van der Waals surface area (Å²) in [5.74, 6) is -0.0996. The van der Waals surface area contributed by atoms with Crippen LogP contribution in [0.4, 0.5) is 5.69 Å². The summed E-state index contributed by atoms with van der Waals surface area (Å²) in [6, 6.07) is 5.75. The summed E-state index contributed by atoms with van der Waals surface area (Å²) in [6.07, 6.45) is 2.87. The number of nitro benzene ring substituents is 1. The molecule has 0 saturated carbocycles. The number of thiocarbonyl (C=S) groups is 1. The number of hydrogen-bond acceptors (Lipinski definition) is 8. The molecule has 0 aliphatic carbocycles. The summed E-state index contributed by atoms with van der Waals surface area (Å²) in [5, 5.41) is 21.5. The first kappa shape index (κ1) is 18.9. The standard InChI is InChI=1S/C17H14N2O6S2/c1-2-24-13-8-11(19(22)23)6-10(15(13)20)7-14-16(21)18(17(26)27-14)9-12-4-3-5-25-12/h3-8,20H,2,9H2,1H3/b14-7+. The summed E-state index contributed by atoms with van der Waals surface area (Å²) < 4.78 is 10.8. The van der Waals surface area contributed by atoms with E-state index in [1.165, 1.54) is 23.3 Å². The van der Waals surface area contributed by atoms with Crippen LogP contribution in [-0.2, 0) is 11.3 Å². The molecule has 0 radical (unpaired) electrons. The van der Waals surface area contributed by atoms with Gasteiger partial charge in [-0.3, -0.25) is 19.8 Å². The van der Waals surface area contributed by atoms with Gasteiger partial charge in [0.15, 0.2) is 11.5 Å². The number of amides is 1. The molecule has 1 aliphatic rings. The normalized spacial score (nSPS) is 15.6. The van der Waals surface area contributed by atoms with Gasteiger partial charge >= 0.3 is 0 Å². The summed E-state index contributed by atoms with van der Waals surface area (Å²) in [4.78, 5) is 24.8. The minimum Gasteiger partial charge on any atom is -0.504 e. The topological polar surface area (TPSA) is 106 Å². The van der Waals surface area contributed by atoms with E-state index >= 15 is 0 Å². The molecule has 2 heterocycles. The third-order valence-corrected chi connectivity index (χ3v) is 5.03. The van der Waals surface area contributed by atoms with Gasteiger partial charge in [0.2, 0.25) is 0 Å². The van der Waals surface area contributed by atoms with Crippen LogP contribution < -0.4 is 4.74 Å². The zero-order valence-electron chi connectivity index (χ0n) is 14.1. The molecule has 0 atom stereocenters. The smallest absolute Gasteiger partial charge is 0.274 e. The number of benzene rings is 1. The maximum atomic E-state index is 12.6. The molecule has 1 amide bonds. The van der Waals surface area contributed by atoms with Crippen molar-refractivity contribution >= 4 is 46.0 Å². The average molecular weight is 406 g/mol. The third kappa shape index (κ3) is 3.96. The van der Waals surface area contributed by atoms with Crippen LogP contribution in [0.1, 0.15) is 18.2 Å². The first-order valence-corrected chi connectivity index (χ1v) is 9.05. The summed E-state index contributed by atoms with van der Waals surface area (Å²) in [6.45, 7) is 2.09. The second-order valence-corrected chi connectivity index (χ2v) is 7.09. The quantitative estimate of drug-likeness (QED) is 0.335. The molecule has 0 spiro atoms. The van der Waals surface area contributed by atoms with E-state index in [0.29, 0.717) is 10.1 Å². The highest BCUT2D eigenvalue weighted by atomic mass is 32.2. The number of aromatic hydroxyl groups is 1. The van der Waals surface area contributed by atoms with Gasteiger partial charge < -0.3 is 14.3 Å². The molecule has 3 rings (SSSR count). The fourth-order valence-electron chi connectivity index (χ4n) is 2.43. The fraction of sp³-hybridized carbons (Fsp3) is 0.176. The van der Waals surface area contributed by atoms with Crippen molar-refractivity contribution in [3.8, 4) is 11.5 Å². The number of phenolic OH excluding ortho intramolecular Hbond substituents is 1. The number of non-ortho nitro benzene ring substituents is 1. The lowest BCUT2D eigenvalue weighted by Gasteiger charge is -2.12. The molecule has 140 valence electrons. The lowest BCUT2D eigenvalue weighted by molar-refractivity contribution is -0.385. The van der Waals surface area contributed by atoms with E-state index in [9.17, 15) is 20.0 Å². The van der Waals surface area contributed by atoms with Gasteiger partial charge in [-0.1, -0.05) is 24.0 Å². The van der Waals surface area contributed by atoms with Crippen molar-refractivity contribution in [3.63, 3.8) is 0 Å². The predicted molar refractivity (Wildman–Crippen MR) is 103 cm³/mol. The minimum absolute atomic E-state index is 0.0241. The highest BCUT2D eigenvalue weighted by molar-refractivity contribution is 8.26. The van der Waals surface area contributed by atoms with Crippen LogP contribution in [0.25, 0.3) is 6.08 Å². The number of hydrogen-bond donors (Lipinski definition) is 1. The number of ether oxygens (including phenoxy) is 1. The van der Waals surface area contributed by atoms with Gasteiger partial charge in [-0.2, -0.15) is 0 Å². The molecule has 27 heavy (non-hydrogen) atoms. The highest BCUT2D eigenvalue weighted by Gasteiger charge is 2.33. The number of phenols is 1. The van der Waals surface area contributed by atoms with Crippen molar-refractivity contribution in [3.05, 3.63) is 56.9 Å². The van der Waals surface area contributed by atoms with E-state index in [2.05, 4.69) is 0 Å². The molecule has 2 aromatic rings. The summed E-state index contributed by atoms with van der Waals surface area (Å²) in [7, 11) is 0. The number of carbonyl (C=O) groups is 1. The van der Waals surface area contributed by atoms with Gasteiger partial charge in [0, 0.05) is 11.6 Å². The molecule has 1 aromatic carbocycles. The van der Waals surface area contributed by atoms with Crippen molar-refractivity contribution in [2.75, 3.05) is 6.61 Å².